The summed E-state index contributed by atoms with van der Waals surface area (Å²) < 4.78 is 0. The zero-order chi connectivity index (χ0) is 12.3. The van der Waals surface area contributed by atoms with E-state index in [1.54, 1.807) is 0 Å². The molecule has 2 unspecified atom stereocenters. The lowest BCUT2D eigenvalue weighted by atomic mass is 9.57. The largest absolute Gasteiger partial charge is 0.327 e. The summed E-state index contributed by atoms with van der Waals surface area (Å²) in [5.41, 5.74) is 8.31. The summed E-state index contributed by atoms with van der Waals surface area (Å²) >= 11 is 0. The first-order chi connectivity index (χ1) is 8.20. The van der Waals surface area contributed by atoms with Gasteiger partial charge in [0.05, 0.1) is 0 Å². The molecule has 1 heteroatoms. The number of rotatable bonds is 5. The van der Waals surface area contributed by atoms with Crippen LogP contribution >= 0.6 is 0 Å². The summed E-state index contributed by atoms with van der Waals surface area (Å²) in [6.07, 6.45) is 6.36. The normalized spacial score (nSPS) is 21.6. The van der Waals surface area contributed by atoms with E-state index >= 15 is 0 Å². The van der Waals surface area contributed by atoms with Gasteiger partial charge in [-0.2, -0.15) is 0 Å². The Labute approximate surface area is 105 Å². The first-order valence-electron chi connectivity index (χ1n) is 7.02. The maximum absolute atomic E-state index is 6.58. The standard InChI is InChI=1S/C16H25N/c1-3-8-13(2)15(17)16(11-7-12-16)14-9-5-4-6-10-14/h4-6,9-10,13,15H,3,7-8,11-12,17H2,1-2H3. The van der Waals surface area contributed by atoms with Crippen LogP contribution < -0.4 is 5.73 Å². The molecule has 0 aliphatic heterocycles. The molecule has 0 saturated heterocycles. The van der Waals surface area contributed by atoms with E-state index < -0.39 is 0 Å². The Kier molecular flexibility index (Phi) is 3.88. The molecular weight excluding hydrogens is 206 g/mol. The Morgan fingerprint density at radius 1 is 1.24 bits per heavy atom. The molecule has 0 radical (unpaired) electrons. The zero-order valence-electron chi connectivity index (χ0n) is 11.2. The Morgan fingerprint density at radius 2 is 1.88 bits per heavy atom. The molecule has 1 nitrogen and oxygen atoms in total. The van der Waals surface area contributed by atoms with E-state index in [9.17, 15) is 0 Å². The molecule has 17 heavy (non-hydrogen) atoms. The smallest absolute Gasteiger partial charge is 0.0162 e. The van der Waals surface area contributed by atoms with E-state index in [0.717, 1.165) is 0 Å². The maximum atomic E-state index is 6.58. The second-order valence-electron chi connectivity index (χ2n) is 5.67. The fraction of sp³-hybridized carbons (Fsp3) is 0.625. The summed E-state index contributed by atoms with van der Waals surface area (Å²) in [7, 11) is 0. The Morgan fingerprint density at radius 3 is 2.35 bits per heavy atom. The molecule has 0 bridgehead atoms. The fourth-order valence-electron chi connectivity index (χ4n) is 3.32. The fourth-order valence-corrected chi connectivity index (χ4v) is 3.32. The molecule has 1 aliphatic rings. The molecule has 94 valence electrons. The Balaban J connectivity index is 2.20. The van der Waals surface area contributed by atoms with Crippen molar-refractivity contribution in [3.8, 4) is 0 Å². The summed E-state index contributed by atoms with van der Waals surface area (Å²) in [6.45, 7) is 4.57. The van der Waals surface area contributed by atoms with Gasteiger partial charge in [0, 0.05) is 11.5 Å². The van der Waals surface area contributed by atoms with Gasteiger partial charge >= 0.3 is 0 Å². The van der Waals surface area contributed by atoms with Crippen LogP contribution in [0, 0.1) is 5.92 Å². The van der Waals surface area contributed by atoms with Crippen molar-refractivity contribution in [2.45, 2.75) is 57.4 Å². The third-order valence-electron chi connectivity index (χ3n) is 4.59. The van der Waals surface area contributed by atoms with Crippen molar-refractivity contribution >= 4 is 0 Å². The van der Waals surface area contributed by atoms with E-state index in [2.05, 4.69) is 44.2 Å². The van der Waals surface area contributed by atoms with Crippen LogP contribution in [0.3, 0.4) is 0 Å². The SMILES string of the molecule is CCCC(C)C(N)C1(c2ccccc2)CCC1. The third kappa shape index (κ3) is 2.26. The van der Waals surface area contributed by atoms with E-state index in [1.807, 2.05) is 0 Å². The van der Waals surface area contributed by atoms with Gasteiger partial charge in [-0.25, -0.2) is 0 Å². The second kappa shape index (κ2) is 5.22. The van der Waals surface area contributed by atoms with Crippen molar-refractivity contribution < 1.29 is 0 Å². The van der Waals surface area contributed by atoms with Crippen molar-refractivity contribution in [1.82, 2.24) is 0 Å². The molecule has 1 aromatic rings. The average molecular weight is 231 g/mol. The lowest BCUT2D eigenvalue weighted by Crippen LogP contribution is -2.53. The summed E-state index contributed by atoms with van der Waals surface area (Å²) in [5.74, 6) is 0.625. The zero-order valence-corrected chi connectivity index (χ0v) is 11.2. The summed E-state index contributed by atoms with van der Waals surface area (Å²) in [4.78, 5) is 0. The minimum absolute atomic E-state index is 0.274. The molecule has 2 atom stereocenters. The van der Waals surface area contributed by atoms with Gasteiger partial charge in [0.1, 0.15) is 0 Å². The van der Waals surface area contributed by atoms with Crippen LogP contribution in [0.15, 0.2) is 30.3 Å². The molecular formula is C16H25N. The van der Waals surface area contributed by atoms with E-state index in [1.165, 1.54) is 37.7 Å². The van der Waals surface area contributed by atoms with Crippen LogP contribution in [0.5, 0.6) is 0 Å². The highest BCUT2D eigenvalue weighted by Crippen LogP contribution is 2.47. The van der Waals surface area contributed by atoms with E-state index in [0.29, 0.717) is 12.0 Å². The molecule has 1 aliphatic carbocycles. The van der Waals surface area contributed by atoms with Crippen LogP contribution in [0.25, 0.3) is 0 Å². The van der Waals surface area contributed by atoms with Crippen molar-refractivity contribution in [2.75, 3.05) is 0 Å². The van der Waals surface area contributed by atoms with Gasteiger partial charge in [-0.3, -0.25) is 0 Å². The quantitative estimate of drug-likeness (QED) is 0.818. The molecule has 1 fully saturated rings. The van der Waals surface area contributed by atoms with Crippen LogP contribution in [0.1, 0.15) is 51.5 Å². The number of hydrogen-bond acceptors (Lipinski definition) is 1. The first kappa shape index (κ1) is 12.6. The Bertz CT molecular complexity index is 340. The Hall–Kier alpha value is -0.820. The minimum atomic E-state index is 0.274. The molecule has 2 rings (SSSR count). The third-order valence-corrected chi connectivity index (χ3v) is 4.59. The topological polar surface area (TPSA) is 26.0 Å². The van der Waals surface area contributed by atoms with Gasteiger partial charge in [-0.1, -0.05) is 57.0 Å². The summed E-state index contributed by atoms with van der Waals surface area (Å²) in [6, 6.07) is 11.2. The average Bonchev–Trinajstić information content (AvgIpc) is 2.29. The first-order valence-corrected chi connectivity index (χ1v) is 7.02. The van der Waals surface area contributed by atoms with Crippen molar-refractivity contribution in [3.05, 3.63) is 35.9 Å². The van der Waals surface area contributed by atoms with Gasteiger partial charge in [0.15, 0.2) is 0 Å². The number of hydrogen-bond donors (Lipinski definition) is 1. The lowest BCUT2D eigenvalue weighted by Gasteiger charge is -2.49. The molecule has 0 heterocycles. The molecule has 0 spiro atoms. The molecule has 1 saturated carbocycles. The van der Waals surface area contributed by atoms with E-state index in [-0.39, 0.29) is 5.41 Å². The van der Waals surface area contributed by atoms with Crippen LogP contribution in [-0.4, -0.2) is 6.04 Å². The van der Waals surface area contributed by atoms with Crippen LogP contribution in [0.2, 0.25) is 0 Å². The predicted molar refractivity (Wildman–Crippen MR) is 74.0 cm³/mol. The van der Waals surface area contributed by atoms with Crippen LogP contribution in [0.4, 0.5) is 0 Å². The summed E-state index contributed by atoms with van der Waals surface area (Å²) in [5, 5.41) is 0. The monoisotopic (exact) mass is 231 g/mol. The van der Waals surface area contributed by atoms with Gasteiger partial charge in [0.2, 0.25) is 0 Å². The molecule has 0 aromatic heterocycles. The number of benzene rings is 1. The lowest BCUT2D eigenvalue weighted by molar-refractivity contribution is 0.154. The highest BCUT2D eigenvalue weighted by Gasteiger charge is 2.45. The van der Waals surface area contributed by atoms with Crippen molar-refractivity contribution in [2.24, 2.45) is 11.7 Å². The molecule has 0 amide bonds. The predicted octanol–water partition coefficient (Wildman–Crippen LogP) is 3.87. The second-order valence-corrected chi connectivity index (χ2v) is 5.67. The van der Waals surface area contributed by atoms with E-state index in [4.69, 9.17) is 5.73 Å². The minimum Gasteiger partial charge on any atom is -0.327 e. The molecule has 2 N–H and O–H groups in total. The van der Waals surface area contributed by atoms with Gasteiger partial charge in [0.25, 0.3) is 0 Å². The van der Waals surface area contributed by atoms with Crippen molar-refractivity contribution in [3.63, 3.8) is 0 Å². The molecule has 1 aromatic carbocycles. The van der Waals surface area contributed by atoms with Crippen molar-refractivity contribution in [1.29, 1.82) is 0 Å². The van der Waals surface area contributed by atoms with Gasteiger partial charge < -0.3 is 5.73 Å². The number of nitrogens with two attached hydrogens (primary N) is 1. The van der Waals surface area contributed by atoms with Gasteiger partial charge in [-0.05, 0) is 30.7 Å². The maximum Gasteiger partial charge on any atom is 0.0162 e. The van der Waals surface area contributed by atoms with Gasteiger partial charge in [-0.15, -0.1) is 0 Å². The van der Waals surface area contributed by atoms with Crippen LogP contribution in [-0.2, 0) is 5.41 Å². The highest BCUT2D eigenvalue weighted by atomic mass is 14.7. The highest BCUT2D eigenvalue weighted by molar-refractivity contribution is 5.30.